The third kappa shape index (κ3) is 3.72. The van der Waals surface area contributed by atoms with Crippen LogP contribution in [0.2, 0.25) is 0 Å². The third-order valence-electron chi connectivity index (χ3n) is 5.08. The fourth-order valence-corrected chi connectivity index (χ4v) is 3.37. The van der Waals surface area contributed by atoms with E-state index in [1.165, 1.54) is 19.3 Å². The number of carboxylic acid groups (broad SMARTS) is 1. The van der Waals surface area contributed by atoms with E-state index in [0.717, 1.165) is 34.2 Å². The number of hydrogen-bond acceptors (Lipinski definition) is 2. The van der Waals surface area contributed by atoms with Crippen LogP contribution in [0.5, 0.6) is 5.75 Å². The van der Waals surface area contributed by atoms with E-state index in [2.05, 4.69) is 18.2 Å². The van der Waals surface area contributed by atoms with Crippen LogP contribution in [0, 0.1) is 5.92 Å². The Bertz CT molecular complexity index is 936. The van der Waals surface area contributed by atoms with Crippen LogP contribution in [0.15, 0.2) is 60.7 Å². The average Bonchev–Trinajstić information content (AvgIpc) is 3.49. The normalized spacial score (nSPS) is 13.7. The Labute approximate surface area is 153 Å². The van der Waals surface area contributed by atoms with Crippen molar-refractivity contribution in [2.75, 3.05) is 0 Å². The van der Waals surface area contributed by atoms with Crippen LogP contribution in [-0.2, 0) is 13.0 Å². The molecule has 0 unspecified atom stereocenters. The third-order valence-corrected chi connectivity index (χ3v) is 5.08. The Morgan fingerprint density at radius 2 is 1.85 bits per heavy atom. The van der Waals surface area contributed by atoms with Gasteiger partial charge in [0.05, 0.1) is 0 Å². The molecule has 0 aromatic heterocycles. The van der Waals surface area contributed by atoms with Crippen molar-refractivity contribution in [2.24, 2.45) is 5.92 Å². The fraction of sp³-hybridized carbons (Fsp3) is 0.261. The van der Waals surface area contributed by atoms with Crippen LogP contribution in [-0.4, -0.2) is 11.1 Å². The molecule has 0 heterocycles. The monoisotopic (exact) mass is 346 g/mol. The number of rotatable bonds is 7. The Hall–Kier alpha value is -2.81. The Balaban J connectivity index is 1.57. The van der Waals surface area contributed by atoms with Crippen molar-refractivity contribution in [2.45, 2.75) is 32.3 Å². The van der Waals surface area contributed by atoms with E-state index in [-0.39, 0.29) is 5.56 Å². The molecule has 1 aliphatic rings. The van der Waals surface area contributed by atoms with Gasteiger partial charge in [0.2, 0.25) is 0 Å². The number of benzene rings is 3. The van der Waals surface area contributed by atoms with Gasteiger partial charge in [0, 0.05) is 0 Å². The predicted octanol–water partition coefficient (Wildman–Crippen LogP) is 5.46. The lowest BCUT2D eigenvalue weighted by atomic mass is 10.0. The lowest BCUT2D eigenvalue weighted by molar-refractivity contribution is 0.0691. The molecular formula is C23H22O3. The summed E-state index contributed by atoms with van der Waals surface area (Å²) in [7, 11) is 0. The Morgan fingerprint density at radius 3 is 2.65 bits per heavy atom. The summed E-state index contributed by atoms with van der Waals surface area (Å²) in [6.45, 7) is 0.355. The molecule has 0 radical (unpaired) electrons. The first-order valence-corrected chi connectivity index (χ1v) is 9.16. The average molecular weight is 346 g/mol. The lowest BCUT2D eigenvalue weighted by Gasteiger charge is -2.13. The highest BCUT2D eigenvalue weighted by Crippen LogP contribution is 2.34. The minimum Gasteiger partial charge on any atom is -0.488 e. The summed E-state index contributed by atoms with van der Waals surface area (Å²) in [5, 5.41) is 11.8. The first kappa shape index (κ1) is 16.6. The number of fused-ring (bicyclic) bond motifs is 1. The minimum atomic E-state index is -0.952. The van der Waals surface area contributed by atoms with Gasteiger partial charge in [-0.05, 0) is 52.8 Å². The molecule has 1 fully saturated rings. The molecule has 3 aromatic carbocycles. The van der Waals surface area contributed by atoms with Gasteiger partial charge >= 0.3 is 5.97 Å². The zero-order chi connectivity index (χ0) is 17.9. The lowest BCUT2D eigenvalue weighted by Crippen LogP contribution is -2.05. The summed E-state index contributed by atoms with van der Waals surface area (Å²) in [5.74, 6) is 0.361. The number of ether oxygens (including phenoxy) is 1. The first-order valence-electron chi connectivity index (χ1n) is 9.16. The van der Waals surface area contributed by atoms with Gasteiger partial charge in [-0.3, -0.25) is 0 Å². The summed E-state index contributed by atoms with van der Waals surface area (Å²) in [6, 6.07) is 19.7. The number of aryl methyl sites for hydroxylation is 1. The van der Waals surface area contributed by atoms with Crippen LogP contribution >= 0.6 is 0 Å². The number of carbonyl (C=O) groups is 1. The zero-order valence-corrected chi connectivity index (χ0v) is 14.7. The van der Waals surface area contributed by atoms with Gasteiger partial charge in [-0.2, -0.15) is 0 Å². The van der Waals surface area contributed by atoms with E-state index < -0.39 is 5.97 Å². The number of carboxylic acids is 1. The van der Waals surface area contributed by atoms with Crippen molar-refractivity contribution in [3.05, 3.63) is 77.4 Å². The first-order chi connectivity index (χ1) is 12.7. The smallest absolute Gasteiger partial charge is 0.339 e. The van der Waals surface area contributed by atoms with E-state index in [1.807, 2.05) is 36.4 Å². The van der Waals surface area contributed by atoms with Crippen molar-refractivity contribution in [1.29, 1.82) is 0 Å². The van der Waals surface area contributed by atoms with Gasteiger partial charge < -0.3 is 9.84 Å². The molecule has 0 bridgehead atoms. The van der Waals surface area contributed by atoms with E-state index in [4.69, 9.17) is 4.74 Å². The fourth-order valence-electron chi connectivity index (χ4n) is 3.37. The predicted molar refractivity (Wildman–Crippen MR) is 103 cm³/mol. The van der Waals surface area contributed by atoms with Crippen LogP contribution in [0.3, 0.4) is 0 Å². The summed E-state index contributed by atoms with van der Waals surface area (Å²) in [4.78, 5) is 11.6. The standard InChI is InChI=1S/C23H22O3/c24-23(25)21-13-12-17(11-10-16-8-9-16)14-22(21)26-15-19-6-3-5-18-4-1-2-7-20(18)19/h1-7,12-14,16H,8-11,15H2,(H,24,25). The second-order valence-electron chi connectivity index (χ2n) is 7.04. The second kappa shape index (κ2) is 7.20. The molecule has 0 spiro atoms. The van der Waals surface area contributed by atoms with Crippen LogP contribution in [0.1, 0.15) is 40.7 Å². The quantitative estimate of drug-likeness (QED) is 0.618. The number of hydrogen-bond donors (Lipinski definition) is 1. The molecule has 3 nitrogen and oxygen atoms in total. The molecule has 0 saturated heterocycles. The molecule has 1 aliphatic carbocycles. The molecular weight excluding hydrogens is 324 g/mol. The Kier molecular flexibility index (Phi) is 4.61. The molecule has 0 aliphatic heterocycles. The molecule has 4 rings (SSSR count). The van der Waals surface area contributed by atoms with E-state index in [1.54, 1.807) is 6.07 Å². The van der Waals surface area contributed by atoms with Gasteiger partial charge in [0.15, 0.2) is 0 Å². The molecule has 132 valence electrons. The van der Waals surface area contributed by atoms with Crippen molar-refractivity contribution >= 4 is 16.7 Å². The van der Waals surface area contributed by atoms with Crippen LogP contribution < -0.4 is 4.74 Å². The second-order valence-corrected chi connectivity index (χ2v) is 7.04. The summed E-state index contributed by atoms with van der Waals surface area (Å²) >= 11 is 0. The maximum atomic E-state index is 11.6. The van der Waals surface area contributed by atoms with Gasteiger partial charge in [-0.15, -0.1) is 0 Å². The highest BCUT2D eigenvalue weighted by Gasteiger charge is 2.21. The van der Waals surface area contributed by atoms with Gasteiger partial charge in [-0.1, -0.05) is 61.4 Å². The minimum absolute atomic E-state index is 0.223. The van der Waals surface area contributed by atoms with Crippen LogP contribution in [0.4, 0.5) is 0 Å². The highest BCUT2D eigenvalue weighted by atomic mass is 16.5. The van der Waals surface area contributed by atoms with Gasteiger partial charge in [0.25, 0.3) is 0 Å². The van der Waals surface area contributed by atoms with E-state index >= 15 is 0 Å². The highest BCUT2D eigenvalue weighted by molar-refractivity contribution is 5.91. The summed E-state index contributed by atoms with van der Waals surface area (Å²) < 4.78 is 5.97. The largest absolute Gasteiger partial charge is 0.488 e. The van der Waals surface area contributed by atoms with Gasteiger partial charge in [-0.25, -0.2) is 4.79 Å². The van der Waals surface area contributed by atoms with Crippen molar-refractivity contribution in [3.8, 4) is 5.75 Å². The topological polar surface area (TPSA) is 46.5 Å². The van der Waals surface area contributed by atoms with Crippen molar-refractivity contribution in [1.82, 2.24) is 0 Å². The maximum Gasteiger partial charge on any atom is 0.339 e. The SMILES string of the molecule is O=C(O)c1ccc(CCC2CC2)cc1OCc1cccc2ccccc12. The molecule has 3 aromatic rings. The van der Waals surface area contributed by atoms with Crippen molar-refractivity contribution in [3.63, 3.8) is 0 Å². The molecule has 3 heteroatoms. The van der Waals surface area contributed by atoms with Gasteiger partial charge in [0.1, 0.15) is 17.9 Å². The number of aromatic carboxylic acids is 1. The molecule has 0 amide bonds. The zero-order valence-electron chi connectivity index (χ0n) is 14.7. The van der Waals surface area contributed by atoms with E-state index in [0.29, 0.717) is 12.4 Å². The van der Waals surface area contributed by atoms with Crippen LogP contribution in [0.25, 0.3) is 10.8 Å². The summed E-state index contributed by atoms with van der Waals surface area (Å²) in [5.41, 5.74) is 2.43. The van der Waals surface area contributed by atoms with Crippen molar-refractivity contribution < 1.29 is 14.6 Å². The Morgan fingerprint density at radius 1 is 1.04 bits per heavy atom. The molecule has 26 heavy (non-hydrogen) atoms. The molecule has 1 saturated carbocycles. The van der Waals surface area contributed by atoms with E-state index in [9.17, 15) is 9.90 Å². The molecule has 0 atom stereocenters. The summed E-state index contributed by atoms with van der Waals surface area (Å²) in [6.07, 6.45) is 4.82. The maximum absolute atomic E-state index is 11.6. The molecule has 1 N–H and O–H groups in total.